The van der Waals surface area contributed by atoms with E-state index in [0.717, 1.165) is 0 Å². The Balaban J connectivity index is 2.42. The molecule has 2 amide bonds. The van der Waals surface area contributed by atoms with Crippen LogP contribution in [-0.2, 0) is 19.1 Å². The number of carbonyl (C=O) groups is 4. The number of amides is 2. The number of carbonyl (C=O) groups excluding carboxylic acids is 4. The first kappa shape index (κ1) is 18.1. The van der Waals surface area contributed by atoms with E-state index in [9.17, 15) is 19.2 Å². The Kier molecular flexibility index (Phi) is 7.18. The lowest BCUT2D eigenvalue weighted by Gasteiger charge is -2.06. The summed E-state index contributed by atoms with van der Waals surface area (Å²) in [4.78, 5) is 49.3. The molecule has 1 heterocycles. The van der Waals surface area contributed by atoms with Crippen molar-refractivity contribution in [2.24, 2.45) is 0 Å². The van der Waals surface area contributed by atoms with E-state index in [1.54, 1.807) is 6.92 Å². The van der Waals surface area contributed by atoms with Gasteiger partial charge in [0.2, 0.25) is 5.91 Å². The van der Waals surface area contributed by atoms with E-state index < -0.39 is 23.8 Å². The summed E-state index contributed by atoms with van der Waals surface area (Å²) in [7, 11) is 1.23. The smallest absolute Gasteiger partial charge is 0.339 e. The van der Waals surface area contributed by atoms with Crippen LogP contribution >= 0.6 is 0 Å². The number of methoxy groups -OCH3 is 1. The zero-order valence-electron chi connectivity index (χ0n) is 12.8. The summed E-state index contributed by atoms with van der Waals surface area (Å²) in [6, 6.07) is 2.71. The predicted molar refractivity (Wildman–Crippen MR) is 77.6 cm³/mol. The quantitative estimate of drug-likeness (QED) is 0.634. The normalized spacial score (nSPS) is 9.65. The number of pyridine rings is 1. The van der Waals surface area contributed by atoms with Crippen molar-refractivity contribution < 1.29 is 28.7 Å². The maximum absolute atomic E-state index is 11.8. The molecule has 0 atom stereocenters. The number of nitrogens with zero attached hydrogens (tertiary/aromatic N) is 1. The molecule has 1 aromatic heterocycles. The number of hydrogen-bond acceptors (Lipinski definition) is 7. The Labute approximate surface area is 132 Å². The molecule has 0 fully saturated rings. The van der Waals surface area contributed by atoms with Crippen LogP contribution in [0.3, 0.4) is 0 Å². The van der Waals surface area contributed by atoms with Crippen LogP contribution in [0, 0.1) is 0 Å². The van der Waals surface area contributed by atoms with Crippen LogP contribution in [0.25, 0.3) is 0 Å². The lowest BCUT2D eigenvalue weighted by molar-refractivity contribution is -0.143. The Morgan fingerprint density at radius 3 is 2.43 bits per heavy atom. The Morgan fingerprint density at radius 2 is 1.87 bits per heavy atom. The highest BCUT2D eigenvalue weighted by Gasteiger charge is 2.12. The minimum atomic E-state index is -0.590. The van der Waals surface area contributed by atoms with Gasteiger partial charge in [-0.25, -0.2) is 4.79 Å². The molecule has 0 radical (unpaired) electrons. The van der Waals surface area contributed by atoms with Crippen molar-refractivity contribution in [1.29, 1.82) is 0 Å². The summed E-state index contributed by atoms with van der Waals surface area (Å²) in [5.41, 5.74) is 0.243. The van der Waals surface area contributed by atoms with Crippen LogP contribution in [0.4, 0.5) is 0 Å². The summed E-state index contributed by atoms with van der Waals surface area (Å²) in [5, 5.41) is 4.63. The highest BCUT2D eigenvalue weighted by molar-refractivity contribution is 5.96. The maximum atomic E-state index is 11.8. The van der Waals surface area contributed by atoms with E-state index in [1.807, 2.05) is 0 Å². The molecule has 2 N–H and O–H groups in total. The predicted octanol–water partition coefficient (Wildman–Crippen LogP) is -0.723. The van der Waals surface area contributed by atoms with Gasteiger partial charge in [0.05, 0.1) is 25.8 Å². The third-order valence-corrected chi connectivity index (χ3v) is 2.56. The second kappa shape index (κ2) is 9.13. The first-order valence-corrected chi connectivity index (χ1v) is 6.72. The van der Waals surface area contributed by atoms with Gasteiger partial charge in [0.1, 0.15) is 12.2 Å². The van der Waals surface area contributed by atoms with E-state index in [2.05, 4.69) is 25.1 Å². The first-order valence-electron chi connectivity index (χ1n) is 6.72. The standard InChI is InChI=1S/C14H17N3O6/c1-3-23-12(19)8-16-11(18)7-17-13(20)10-5-4-9(6-15-10)14(21)22-2/h4-6H,3,7-8H2,1-2H3,(H,16,18)(H,17,20). The number of rotatable bonds is 7. The van der Waals surface area contributed by atoms with E-state index in [0.29, 0.717) is 0 Å². The minimum Gasteiger partial charge on any atom is -0.465 e. The van der Waals surface area contributed by atoms with Gasteiger partial charge in [-0.2, -0.15) is 0 Å². The molecule has 0 unspecified atom stereocenters. The van der Waals surface area contributed by atoms with E-state index in [1.165, 1.54) is 25.4 Å². The fraction of sp³-hybridized carbons (Fsp3) is 0.357. The lowest BCUT2D eigenvalue weighted by Crippen LogP contribution is -2.39. The largest absolute Gasteiger partial charge is 0.465 e. The number of ether oxygens (including phenoxy) is 2. The molecular weight excluding hydrogens is 306 g/mol. The average molecular weight is 323 g/mol. The van der Waals surface area contributed by atoms with Crippen molar-refractivity contribution in [1.82, 2.24) is 15.6 Å². The van der Waals surface area contributed by atoms with Crippen molar-refractivity contribution in [3.63, 3.8) is 0 Å². The van der Waals surface area contributed by atoms with Gasteiger partial charge in [-0.15, -0.1) is 0 Å². The van der Waals surface area contributed by atoms with E-state index >= 15 is 0 Å². The molecule has 0 saturated carbocycles. The number of nitrogens with one attached hydrogen (secondary N) is 2. The maximum Gasteiger partial charge on any atom is 0.339 e. The molecule has 1 aromatic rings. The van der Waals surface area contributed by atoms with Gasteiger partial charge >= 0.3 is 11.9 Å². The van der Waals surface area contributed by atoms with Crippen molar-refractivity contribution in [3.8, 4) is 0 Å². The fourth-order valence-electron chi connectivity index (χ4n) is 1.46. The van der Waals surface area contributed by atoms with Crippen LogP contribution in [0.15, 0.2) is 18.3 Å². The molecular formula is C14H17N3O6. The molecule has 1 rings (SSSR count). The molecule has 23 heavy (non-hydrogen) atoms. The second-order valence-corrected chi connectivity index (χ2v) is 4.19. The molecule has 9 heteroatoms. The second-order valence-electron chi connectivity index (χ2n) is 4.19. The van der Waals surface area contributed by atoms with Gasteiger partial charge in [-0.05, 0) is 19.1 Å². The molecule has 0 bridgehead atoms. The molecule has 0 spiro atoms. The Hall–Kier alpha value is -2.97. The topological polar surface area (TPSA) is 124 Å². The SMILES string of the molecule is CCOC(=O)CNC(=O)CNC(=O)c1ccc(C(=O)OC)cn1. The number of hydrogen-bond donors (Lipinski definition) is 2. The van der Waals surface area contributed by atoms with E-state index in [4.69, 9.17) is 0 Å². The highest BCUT2D eigenvalue weighted by Crippen LogP contribution is 2.01. The Morgan fingerprint density at radius 1 is 1.13 bits per heavy atom. The van der Waals surface area contributed by atoms with Crippen molar-refractivity contribution in [3.05, 3.63) is 29.6 Å². The van der Waals surface area contributed by atoms with Gasteiger partial charge < -0.3 is 20.1 Å². The first-order chi connectivity index (χ1) is 11.0. The van der Waals surface area contributed by atoms with Gasteiger partial charge in [0.25, 0.3) is 5.91 Å². The zero-order valence-corrected chi connectivity index (χ0v) is 12.8. The van der Waals surface area contributed by atoms with E-state index in [-0.39, 0.29) is 31.0 Å². The monoisotopic (exact) mass is 323 g/mol. The Bertz CT molecular complexity index is 585. The van der Waals surface area contributed by atoms with Crippen molar-refractivity contribution in [2.75, 3.05) is 26.8 Å². The summed E-state index contributed by atoms with van der Waals surface area (Å²) in [6.45, 7) is 1.28. The van der Waals surface area contributed by atoms with Gasteiger partial charge in [0.15, 0.2) is 0 Å². The molecule has 0 aromatic carbocycles. The van der Waals surface area contributed by atoms with Crippen molar-refractivity contribution in [2.45, 2.75) is 6.92 Å². The molecule has 0 aliphatic heterocycles. The van der Waals surface area contributed by atoms with Gasteiger partial charge in [-0.3, -0.25) is 19.4 Å². The average Bonchev–Trinajstić information content (AvgIpc) is 2.57. The third kappa shape index (κ3) is 6.12. The summed E-state index contributed by atoms with van der Waals surface area (Å²) in [6.07, 6.45) is 1.20. The van der Waals surface area contributed by atoms with Crippen LogP contribution in [0.5, 0.6) is 0 Å². The molecule has 9 nitrogen and oxygen atoms in total. The lowest BCUT2D eigenvalue weighted by atomic mass is 10.2. The number of esters is 2. The molecule has 0 aliphatic carbocycles. The third-order valence-electron chi connectivity index (χ3n) is 2.56. The summed E-state index contributed by atoms with van der Waals surface area (Å²) < 4.78 is 9.15. The zero-order chi connectivity index (χ0) is 17.2. The van der Waals surface area contributed by atoms with Crippen LogP contribution in [0.2, 0.25) is 0 Å². The number of aromatic nitrogens is 1. The van der Waals surface area contributed by atoms with Crippen LogP contribution in [0.1, 0.15) is 27.8 Å². The van der Waals surface area contributed by atoms with Gasteiger partial charge in [0, 0.05) is 6.20 Å². The highest BCUT2D eigenvalue weighted by atomic mass is 16.5. The van der Waals surface area contributed by atoms with Crippen LogP contribution in [-0.4, -0.2) is 55.5 Å². The molecule has 0 aliphatic rings. The summed E-state index contributed by atoms with van der Waals surface area (Å²) in [5.74, 6) is -2.26. The van der Waals surface area contributed by atoms with Crippen molar-refractivity contribution >= 4 is 23.8 Å². The summed E-state index contributed by atoms with van der Waals surface area (Å²) >= 11 is 0. The van der Waals surface area contributed by atoms with Crippen LogP contribution < -0.4 is 10.6 Å². The fourth-order valence-corrected chi connectivity index (χ4v) is 1.46. The molecule has 0 saturated heterocycles. The minimum absolute atomic E-state index is 0.0378. The van der Waals surface area contributed by atoms with Gasteiger partial charge in [-0.1, -0.05) is 0 Å². The molecule has 124 valence electrons.